The molecule has 0 bridgehead atoms. The lowest BCUT2D eigenvalue weighted by Crippen LogP contribution is -2.33. The molecule has 1 saturated carbocycles. The maximum atomic E-state index is 12.3. The lowest BCUT2D eigenvalue weighted by Gasteiger charge is -2.25. The van der Waals surface area contributed by atoms with Crippen LogP contribution in [0, 0.1) is 5.92 Å². The number of nitrogens with one attached hydrogen (secondary N) is 1. The van der Waals surface area contributed by atoms with Crippen LogP contribution in [-0.4, -0.2) is 33.3 Å². The van der Waals surface area contributed by atoms with Gasteiger partial charge in [-0.25, -0.2) is 13.1 Å². The third-order valence-corrected chi connectivity index (χ3v) is 5.25. The van der Waals surface area contributed by atoms with Crippen LogP contribution < -0.4 is 15.2 Å². The second-order valence-electron chi connectivity index (χ2n) is 5.44. The van der Waals surface area contributed by atoms with Crippen LogP contribution in [-0.2, 0) is 10.0 Å². The van der Waals surface area contributed by atoms with Gasteiger partial charge in [-0.2, -0.15) is 0 Å². The molecule has 1 aromatic rings. The van der Waals surface area contributed by atoms with Crippen LogP contribution in [0.1, 0.15) is 25.7 Å². The molecule has 0 aromatic heterocycles. The fraction of sp³-hybridized carbons (Fsp3) is 0.571. The summed E-state index contributed by atoms with van der Waals surface area (Å²) in [5, 5.41) is 9.62. The van der Waals surface area contributed by atoms with E-state index in [9.17, 15) is 13.5 Å². The Morgan fingerprint density at radius 2 is 2.19 bits per heavy atom. The Balaban J connectivity index is 2.04. The minimum absolute atomic E-state index is 0.130. The lowest BCUT2D eigenvalue weighted by atomic mass is 9.87. The zero-order valence-corrected chi connectivity index (χ0v) is 12.9. The number of nitrogen functional groups attached to an aromatic ring is 1. The third-order valence-electron chi connectivity index (χ3n) is 3.83. The molecule has 0 amide bonds. The van der Waals surface area contributed by atoms with E-state index >= 15 is 0 Å². The Morgan fingerprint density at radius 3 is 2.86 bits per heavy atom. The number of aliphatic hydroxyl groups excluding tert-OH is 1. The molecule has 0 aliphatic heterocycles. The maximum absolute atomic E-state index is 12.3. The van der Waals surface area contributed by atoms with Gasteiger partial charge in [0.15, 0.2) is 0 Å². The molecular weight excluding hydrogens is 292 g/mol. The summed E-state index contributed by atoms with van der Waals surface area (Å²) < 4.78 is 32.2. The van der Waals surface area contributed by atoms with Gasteiger partial charge in [-0.05, 0) is 37.3 Å². The van der Waals surface area contributed by atoms with Crippen molar-refractivity contribution in [2.45, 2.75) is 36.7 Å². The smallest absolute Gasteiger partial charge is 0.240 e. The highest BCUT2D eigenvalue weighted by molar-refractivity contribution is 7.89. The Bertz CT molecular complexity index is 589. The number of nitrogens with two attached hydrogens (primary N) is 1. The molecule has 118 valence electrons. The minimum atomic E-state index is -3.59. The van der Waals surface area contributed by atoms with Crippen LogP contribution in [0.4, 0.5) is 5.69 Å². The molecule has 2 unspecified atom stereocenters. The van der Waals surface area contributed by atoms with Gasteiger partial charge in [0.2, 0.25) is 10.0 Å². The SMILES string of the molecule is COc1cc(S(=O)(=O)NCC2CCCC(O)C2)ccc1N. The molecule has 1 fully saturated rings. The van der Waals surface area contributed by atoms with Crippen molar-refractivity contribution in [3.8, 4) is 5.75 Å². The first kappa shape index (κ1) is 16.1. The highest BCUT2D eigenvalue weighted by Gasteiger charge is 2.23. The Labute approximate surface area is 125 Å². The fourth-order valence-corrected chi connectivity index (χ4v) is 3.75. The van der Waals surface area contributed by atoms with Crippen molar-refractivity contribution in [3.63, 3.8) is 0 Å². The van der Waals surface area contributed by atoms with E-state index in [0.29, 0.717) is 24.4 Å². The monoisotopic (exact) mass is 314 g/mol. The summed E-state index contributed by atoms with van der Waals surface area (Å²) in [7, 11) is -2.15. The molecule has 7 heteroatoms. The topological polar surface area (TPSA) is 102 Å². The maximum Gasteiger partial charge on any atom is 0.240 e. The van der Waals surface area contributed by atoms with Gasteiger partial charge in [0.1, 0.15) is 5.75 Å². The van der Waals surface area contributed by atoms with Gasteiger partial charge in [-0.3, -0.25) is 0 Å². The van der Waals surface area contributed by atoms with Gasteiger partial charge >= 0.3 is 0 Å². The van der Waals surface area contributed by atoms with Crippen LogP contribution in [0.25, 0.3) is 0 Å². The molecule has 1 aliphatic carbocycles. The van der Waals surface area contributed by atoms with Gasteiger partial charge in [0.05, 0.1) is 23.8 Å². The summed E-state index contributed by atoms with van der Waals surface area (Å²) in [4.78, 5) is 0.130. The number of anilines is 1. The molecule has 4 N–H and O–H groups in total. The van der Waals surface area contributed by atoms with Crippen LogP contribution in [0.3, 0.4) is 0 Å². The number of sulfonamides is 1. The molecule has 0 spiro atoms. The van der Waals surface area contributed by atoms with Crippen molar-refractivity contribution in [2.24, 2.45) is 5.92 Å². The molecule has 0 heterocycles. The highest BCUT2D eigenvalue weighted by Crippen LogP contribution is 2.26. The van der Waals surface area contributed by atoms with E-state index in [1.165, 1.54) is 25.3 Å². The summed E-state index contributed by atoms with van der Waals surface area (Å²) >= 11 is 0. The summed E-state index contributed by atoms with van der Waals surface area (Å²) in [6.07, 6.45) is 3.00. The Hall–Kier alpha value is -1.31. The van der Waals surface area contributed by atoms with Gasteiger partial charge in [-0.15, -0.1) is 0 Å². The Kier molecular flexibility index (Phi) is 5.08. The number of rotatable bonds is 5. The molecule has 1 aliphatic rings. The van der Waals surface area contributed by atoms with Crippen LogP contribution in [0.2, 0.25) is 0 Å². The van der Waals surface area contributed by atoms with Crippen LogP contribution >= 0.6 is 0 Å². The summed E-state index contributed by atoms with van der Waals surface area (Å²) in [5.74, 6) is 0.519. The average molecular weight is 314 g/mol. The van der Waals surface area contributed by atoms with Crippen molar-refractivity contribution in [3.05, 3.63) is 18.2 Å². The molecule has 0 radical (unpaired) electrons. The summed E-state index contributed by atoms with van der Waals surface area (Å²) in [5.41, 5.74) is 6.08. The molecule has 21 heavy (non-hydrogen) atoms. The lowest BCUT2D eigenvalue weighted by molar-refractivity contribution is 0.102. The number of benzene rings is 1. The molecule has 0 saturated heterocycles. The largest absolute Gasteiger partial charge is 0.495 e. The van der Waals surface area contributed by atoms with Crippen molar-refractivity contribution in [1.29, 1.82) is 0 Å². The Morgan fingerprint density at radius 1 is 1.43 bits per heavy atom. The summed E-state index contributed by atoms with van der Waals surface area (Å²) in [6.45, 7) is 0.339. The van der Waals surface area contributed by atoms with Gasteiger partial charge < -0.3 is 15.6 Å². The first-order valence-electron chi connectivity index (χ1n) is 7.03. The van der Waals surface area contributed by atoms with E-state index in [1.807, 2.05) is 0 Å². The van der Waals surface area contributed by atoms with E-state index in [-0.39, 0.29) is 16.9 Å². The van der Waals surface area contributed by atoms with E-state index in [2.05, 4.69) is 4.72 Å². The molecule has 2 rings (SSSR count). The van der Waals surface area contributed by atoms with Crippen LogP contribution in [0.15, 0.2) is 23.1 Å². The van der Waals surface area contributed by atoms with Crippen molar-refractivity contribution >= 4 is 15.7 Å². The first-order valence-corrected chi connectivity index (χ1v) is 8.52. The quantitative estimate of drug-likeness (QED) is 0.707. The molecular formula is C14H22N2O4S. The second-order valence-corrected chi connectivity index (χ2v) is 7.21. The highest BCUT2D eigenvalue weighted by atomic mass is 32.2. The second kappa shape index (κ2) is 6.64. The van der Waals surface area contributed by atoms with Gasteiger partial charge in [0, 0.05) is 12.6 Å². The predicted octanol–water partition coefficient (Wildman–Crippen LogP) is 1.11. The zero-order valence-electron chi connectivity index (χ0n) is 12.1. The van der Waals surface area contributed by atoms with Crippen molar-refractivity contribution < 1.29 is 18.3 Å². The number of ether oxygens (including phenoxy) is 1. The first-order chi connectivity index (χ1) is 9.92. The summed E-state index contributed by atoms with van der Waals surface area (Å²) in [6, 6.07) is 4.38. The minimum Gasteiger partial charge on any atom is -0.495 e. The standard InChI is InChI=1S/C14H22N2O4S/c1-20-14-8-12(5-6-13(14)15)21(18,19)16-9-10-3-2-4-11(17)7-10/h5-6,8,10-11,16-17H,2-4,7,9,15H2,1H3. The number of hydrogen-bond acceptors (Lipinski definition) is 5. The van der Waals surface area contributed by atoms with E-state index < -0.39 is 10.0 Å². The number of hydrogen-bond donors (Lipinski definition) is 3. The predicted molar refractivity (Wildman–Crippen MR) is 80.6 cm³/mol. The van der Waals surface area contributed by atoms with Crippen molar-refractivity contribution in [2.75, 3.05) is 19.4 Å². The normalized spacial score (nSPS) is 23.0. The number of methoxy groups -OCH3 is 1. The average Bonchev–Trinajstić information content (AvgIpc) is 2.46. The zero-order chi connectivity index (χ0) is 15.5. The van der Waals surface area contributed by atoms with Crippen LogP contribution in [0.5, 0.6) is 5.75 Å². The van der Waals surface area contributed by atoms with E-state index in [1.54, 1.807) is 0 Å². The molecule has 6 nitrogen and oxygen atoms in total. The molecule has 2 atom stereocenters. The molecule has 1 aromatic carbocycles. The number of aliphatic hydroxyl groups is 1. The third kappa shape index (κ3) is 4.09. The van der Waals surface area contributed by atoms with E-state index in [4.69, 9.17) is 10.5 Å². The van der Waals surface area contributed by atoms with Crippen molar-refractivity contribution in [1.82, 2.24) is 4.72 Å². The van der Waals surface area contributed by atoms with Gasteiger partial charge in [-0.1, -0.05) is 6.42 Å². The fourth-order valence-electron chi connectivity index (χ4n) is 2.62. The van der Waals surface area contributed by atoms with Gasteiger partial charge in [0.25, 0.3) is 0 Å². The van der Waals surface area contributed by atoms with E-state index in [0.717, 1.165) is 19.3 Å².